The van der Waals surface area contributed by atoms with Gasteiger partial charge in [0.05, 0.1) is 33.8 Å². The van der Waals surface area contributed by atoms with Crippen LogP contribution in [0.4, 0.5) is 10.1 Å². The van der Waals surface area contributed by atoms with E-state index in [0.29, 0.717) is 37.8 Å². The number of fused-ring (bicyclic) bond motifs is 2. The minimum absolute atomic E-state index is 0.0541. The van der Waals surface area contributed by atoms with Gasteiger partial charge in [0, 0.05) is 38.3 Å². The molecule has 1 amide bonds. The molecule has 0 aromatic heterocycles. The third-order valence-electron chi connectivity index (χ3n) is 8.95. The van der Waals surface area contributed by atoms with E-state index in [1.165, 1.54) is 41.2 Å². The Bertz CT molecular complexity index is 1630. The predicted octanol–water partition coefficient (Wildman–Crippen LogP) is 5.33. The minimum atomic E-state index is -3.82. The molecule has 0 N–H and O–H groups in total. The summed E-state index contributed by atoms with van der Waals surface area (Å²) in [6.45, 7) is 1.53. The third kappa shape index (κ3) is 5.63. The van der Waals surface area contributed by atoms with E-state index in [1.54, 1.807) is 11.0 Å². The van der Waals surface area contributed by atoms with Gasteiger partial charge in [-0.3, -0.25) is 4.79 Å². The molecule has 0 radical (unpaired) electrons. The minimum Gasteiger partial charge on any atom is -0.465 e. The van der Waals surface area contributed by atoms with Crippen molar-refractivity contribution >= 4 is 39.2 Å². The smallest absolute Gasteiger partial charge is 0.339 e. The van der Waals surface area contributed by atoms with E-state index in [4.69, 9.17) is 16.3 Å². The maximum atomic E-state index is 13.8. The zero-order chi connectivity index (χ0) is 30.3. The van der Waals surface area contributed by atoms with E-state index in [9.17, 15) is 22.4 Å². The van der Waals surface area contributed by atoms with Gasteiger partial charge in [-0.05, 0) is 73.6 Å². The number of hydrogen-bond donors (Lipinski definition) is 0. The van der Waals surface area contributed by atoms with Gasteiger partial charge in [-0.15, -0.1) is 0 Å². The number of nitrogens with zero attached hydrogens (tertiary/aromatic N) is 3. The van der Waals surface area contributed by atoms with Crippen molar-refractivity contribution in [2.75, 3.05) is 38.2 Å². The Kier molecular flexibility index (Phi) is 8.19. The number of esters is 1. The molecule has 2 atom stereocenters. The van der Waals surface area contributed by atoms with Crippen LogP contribution in [-0.4, -0.2) is 74.9 Å². The first-order valence-corrected chi connectivity index (χ1v) is 16.3. The number of anilines is 1. The summed E-state index contributed by atoms with van der Waals surface area (Å²) in [4.78, 5) is 30.1. The standard InChI is InChI=1S/C32H33ClFN3O5S/c1-42-32(39)28-12-10-26(43(40,41)36-15-13-22(14-16-36)21-5-3-2-4-6-21)18-30(28)37-24-8-9-25(37)20-35(19-24)31(38)27-11-7-23(34)17-29(27)33/h2-7,10-12,17-18,22,24-25H,8-9,13-16,19-20H2,1H3/t24-,25+. The van der Waals surface area contributed by atoms with Gasteiger partial charge in [-0.25, -0.2) is 17.6 Å². The quantitative estimate of drug-likeness (QED) is 0.344. The van der Waals surface area contributed by atoms with Crippen molar-refractivity contribution in [2.24, 2.45) is 0 Å². The van der Waals surface area contributed by atoms with Gasteiger partial charge in [0.1, 0.15) is 5.82 Å². The van der Waals surface area contributed by atoms with Crippen LogP contribution in [0.1, 0.15) is 57.9 Å². The van der Waals surface area contributed by atoms with Crippen LogP contribution in [0.5, 0.6) is 0 Å². The fourth-order valence-electron chi connectivity index (χ4n) is 6.77. The van der Waals surface area contributed by atoms with Gasteiger partial charge in [0.25, 0.3) is 5.91 Å². The molecule has 6 rings (SSSR count). The Hall–Kier alpha value is -3.47. The highest BCUT2D eigenvalue weighted by atomic mass is 35.5. The Labute approximate surface area is 256 Å². The van der Waals surface area contributed by atoms with Gasteiger partial charge in [-0.1, -0.05) is 41.9 Å². The highest BCUT2D eigenvalue weighted by Gasteiger charge is 2.43. The second-order valence-corrected chi connectivity index (χ2v) is 13.7. The Morgan fingerprint density at radius 3 is 2.16 bits per heavy atom. The summed E-state index contributed by atoms with van der Waals surface area (Å²) in [6.07, 6.45) is 2.98. The van der Waals surface area contributed by atoms with Crippen molar-refractivity contribution in [1.82, 2.24) is 9.21 Å². The molecule has 226 valence electrons. The Balaban J connectivity index is 1.25. The molecule has 3 aliphatic heterocycles. The summed E-state index contributed by atoms with van der Waals surface area (Å²) in [5, 5.41) is 0.0541. The van der Waals surface area contributed by atoms with E-state index < -0.39 is 21.8 Å². The zero-order valence-electron chi connectivity index (χ0n) is 23.8. The van der Waals surface area contributed by atoms with Crippen LogP contribution in [0, 0.1) is 5.82 Å². The van der Waals surface area contributed by atoms with E-state index in [1.807, 2.05) is 18.2 Å². The van der Waals surface area contributed by atoms with Crippen LogP contribution in [-0.2, 0) is 14.8 Å². The number of carbonyl (C=O) groups excluding carboxylic acids is 2. The zero-order valence-corrected chi connectivity index (χ0v) is 25.4. The summed E-state index contributed by atoms with van der Waals surface area (Å²) in [5.74, 6) is -1.05. The van der Waals surface area contributed by atoms with E-state index in [2.05, 4.69) is 17.0 Å². The van der Waals surface area contributed by atoms with Crippen LogP contribution >= 0.6 is 11.6 Å². The van der Waals surface area contributed by atoms with E-state index >= 15 is 0 Å². The number of sulfonamides is 1. The molecule has 3 aromatic carbocycles. The highest BCUT2D eigenvalue weighted by molar-refractivity contribution is 7.89. The summed E-state index contributed by atoms with van der Waals surface area (Å²) in [7, 11) is -2.52. The molecule has 0 spiro atoms. The summed E-state index contributed by atoms with van der Waals surface area (Å²) >= 11 is 6.18. The van der Waals surface area contributed by atoms with Crippen LogP contribution < -0.4 is 4.90 Å². The van der Waals surface area contributed by atoms with Crippen LogP contribution in [0.15, 0.2) is 71.6 Å². The molecule has 3 fully saturated rings. The van der Waals surface area contributed by atoms with Crippen molar-refractivity contribution in [3.05, 3.63) is 94.3 Å². The SMILES string of the molecule is COC(=O)c1ccc(S(=O)(=O)N2CCC(c3ccccc3)CC2)cc1N1[C@@H]2CC[C@H]1CN(C(=O)c1ccc(F)cc1Cl)C2. The van der Waals surface area contributed by atoms with Gasteiger partial charge >= 0.3 is 5.97 Å². The number of piperazine rings is 1. The molecule has 8 nitrogen and oxygen atoms in total. The highest BCUT2D eigenvalue weighted by Crippen LogP contribution is 2.40. The average Bonchev–Trinajstić information content (AvgIpc) is 3.28. The lowest BCUT2D eigenvalue weighted by atomic mass is 9.90. The van der Waals surface area contributed by atoms with Crippen molar-refractivity contribution in [2.45, 2.75) is 48.6 Å². The number of rotatable bonds is 6. The molecule has 3 saturated heterocycles. The summed E-state index contributed by atoms with van der Waals surface area (Å²) in [5.41, 5.74) is 2.23. The van der Waals surface area contributed by atoms with Gasteiger partial charge in [0.2, 0.25) is 10.0 Å². The van der Waals surface area contributed by atoms with Gasteiger partial charge < -0.3 is 14.5 Å². The molecule has 11 heteroatoms. The maximum Gasteiger partial charge on any atom is 0.339 e. The summed E-state index contributed by atoms with van der Waals surface area (Å²) < 4.78 is 47.9. The number of amides is 1. The molecule has 3 aromatic rings. The monoisotopic (exact) mass is 625 g/mol. The molecule has 43 heavy (non-hydrogen) atoms. The summed E-state index contributed by atoms with van der Waals surface area (Å²) in [6, 6.07) is 18.2. The topological polar surface area (TPSA) is 87.2 Å². The van der Waals surface area contributed by atoms with Gasteiger partial charge in [-0.2, -0.15) is 4.31 Å². The first-order chi connectivity index (χ1) is 20.7. The first-order valence-electron chi connectivity index (χ1n) is 14.5. The number of ether oxygens (including phenoxy) is 1. The van der Waals surface area contributed by atoms with E-state index in [0.717, 1.165) is 31.7 Å². The van der Waals surface area contributed by atoms with Crippen LogP contribution in [0.2, 0.25) is 5.02 Å². The number of halogens is 2. The number of likely N-dealkylation sites (tertiary alicyclic amines) is 1. The first kappa shape index (κ1) is 29.6. The fourth-order valence-corrected chi connectivity index (χ4v) is 8.51. The van der Waals surface area contributed by atoms with Crippen molar-refractivity contribution in [1.29, 1.82) is 0 Å². The second kappa shape index (κ2) is 11.9. The van der Waals surface area contributed by atoms with Crippen molar-refractivity contribution in [3.8, 4) is 0 Å². The Morgan fingerprint density at radius 1 is 0.884 bits per heavy atom. The number of methoxy groups -OCH3 is 1. The van der Waals surface area contributed by atoms with Gasteiger partial charge in [0.15, 0.2) is 0 Å². The second-order valence-electron chi connectivity index (χ2n) is 11.4. The lowest BCUT2D eigenvalue weighted by Crippen LogP contribution is -2.56. The van der Waals surface area contributed by atoms with Crippen molar-refractivity contribution in [3.63, 3.8) is 0 Å². The fraction of sp³-hybridized carbons (Fsp3) is 0.375. The number of piperidine rings is 1. The van der Waals surface area contributed by atoms with Crippen molar-refractivity contribution < 1.29 is 27.1 Å². The number of carbonyl (C=O) groups is 2. The Morgan fingerprint density at radius 2 is 1.53 bits per heavy atom. The maximum absolute atomic E-state index is 13.8. The molecule has 0 aliphatic carbocycles. The lowest BCUT2D eigenvalue weighted by molar-refractivity contribution is 0.0598. The molecule has 2 bridgehead atoms. The van der Waals surface area contributed by atoms with Crippen LogP contribution in [0.25, 0.3) is 0 Å². The third-order valence-corrected chi connectivity index (χ3v) is 11.2. The average molecular weight is 626 g/mol. The largest absolute Gasteiger partial charge is 0.465 e. The van der Waals surface area contributed by atoms with Crippen LogP contribution in [0.3, 0.4) is 0 Å². The predicted molar refractivity (Wildman–Crippen MR) is 162 cm³/mol. The normalized spacial score (nSPS) is 21.2. The van der Waals surface area contributed by atoms with E-state index in [-0.39, 0.29) is 39.0 Å². The molecular formula is C32H33ClFN3O5S. The molecular weight excluding hydrogens is 593 g/mol. The molecule has 0 saturated carbocycles. The lowest BCUT2D eigenvalue weighted by Gasteiger charge is -2.43. The number of benzene rings is 3. The molecule has 0 unspecified atom stereocenters. The molecule has 3 aliphatic rings. The molecule has 3 heterocycles. The number of hydrogen-bond acceptors (Lipinski definition) is 6.